The monoisotopic (exact) mass is 326 g/mol. The topological polar surface area (TPSA) is 71.0 Å². The quantitative estimate of drug-likeness (QED) is 0.782. The van der Waals surface area contributed by atoms with E-state index in [1.165, 1.54) is 12.8 Å². The van der Waals surface area contributed by atoms with E-state index in [-0.39, 0.29) is 24.0 Å². The summed E-state index contributed by atoms with van der Waals surface area (Å²) in [6.45, 7) is 6.91. The van der Waals surface area contributed by atoms with Gasteiger partial charge in [0.05, 0.1) is 18.8 Å². The third-order valence-electron chi connectivity index (χ3n) is 5.52. The van der Waals surface area contributed by atoms with Gasteiger partial charge in [-0.25, -0.2) is 0 Å². The maximum Gasteiger partial charge on any atom is 0.223 e. The van der Waals surface area contributed by atoms with E-state index in [4.69, 9.17) is 9.47 Å². The number of hydrogen-bond donors (Lipinski definition) is 2. The van der Waals surface area contributed by atoms with Crippen LogP contribution in [0.4, 0.5) is 0 Å². The first-order chi connectivity index (χ1) is 11.1. The van der Waals surface area contributed by atoms with Gasteiger partial charge in [0.1, 0.15) is 6.10 Å². The van der Waals surface area contributed by atoms with Crippen molar-refractivity contribution < 1.29 is 19.4 Å². The lowest BCUT2D eigenvalue weighted by atomic mass is 9.97. The van der Waals surface area contributed by atoms with Gasteiger partial charge in [0.15, 0.2) is 0 Å². The van der Waals surface area contributed by atoms with Gasteiger partial charge in [-0.1, -0.05) is 6.92 Å². The molecule has 0 aromatic rings. The minimum absolute atomic E-state index is 0.0126. The number of aliphatic hydroxyl groups excluding tert-OH is 1. The number of amides is 1. The zero-order chi connectivity index (χ0) is 16.2. The van der Waals surface area contributed by atoms with E-state index in [2.05, 4.69) is 17.1 Å². The molecule has 3 aliphatic heterocycles. The Morgan fingerprint density at radius 1 is 1.22 bits per heavy atom. The molecule has 0 spiro atoms. The Bertz CT molecular complexity index is 392. The maximum atomic E-state index is 12.3. The first-order valence-electron chi connectivity index (χ1n) is 9.03. The number of hydrogen-bond acceptors (Lipinski definition) is 5. The molecule has 2 N–H and O–H groups in total. The number of ether oxygens (including phenoxy) is 2. The number of carbonyl (C=O) groups is 1. The van der Waals surface area contributed by atoms with E-state index >= 15 is 0 Å². The molecule has 3 aliphatic rings. The van der Waals surface area contributed by atoms with Crippen LogP contribution in [0.25, 0.3) is 0 Å². The molecule has 3 fully saturated rings. The molecule has 0 aromatic heterocycles. The minimum atomic E-state index is -0.613. The van der Waals surface area contributed by atoms with Gasteiger partial charge < -0.3 is 24.8 Å². The average Bonchev–Trinajstić information content (AvgIpc) is 2.91. The van der Waals surface area contributed by atoms with E-state index in [1.54, 1.807) is 0 Å². The smallest absolute Gasteiger partial charge is 0.223 e. The molecule has 1 amide bonds. The molecule has 0 aliphatic carbocycles. The fraction of sp³-hybridized carbons (Fsp3) is 0.941. The van der Waals surface area contributed by atoms with Crippen LogP contribution in [0.5, 0.6) is 0 Å². The highest BCUT2D eigenvalue weighted by atomic mass is 16.5. The lowest BCUT2D eigenvalue weighted by molar-refractivity contribution is -0.129. The zero-order valence-corrected chi connectivity index (χ0v) is 14.1. The summed E-state index contributed by atoms with van der Waals surface area (Å²) in [7, 11) is 0. The highest BCUT2D eigenvalue weighted by Gasteiger charge is 2.38. The molecule has 23 heavy (non-hydrogen) atoms. The summed E-state index contributed by atoms with van der Waals surface area (Å²) in [5, 5.41) is 13.5. The lowest BCUT2D eigenvalue weighted by Gasteiger charge is -2.32. The van der Waals surface area contributed by atoms with Gasteiger partial charge in [-0.2, -0.15) is 0 Å². The van der Waals surface area contributed by atoms with Crippen molar-refractivity contribution in [2.75, 3.05) is 39.5 Å². The Labute approximate surface area is 138 Å². The molecule has 3 unspecified atom stereocenters. The second-order valence-electron chi connectivity index (χ2n) is 7.35. The third kappa shape index (κ3) is 4.44. The molecule has 3 saturated heterocycles. The van der Waals surface area contributed by atoms with Crippen molar-refractivity contribution in [1.29, 1.82) is 0 Å². The minimum Gasteiger partial charge on any atom is -0.388 e. The van der Waals surface area contributed by atoms with Gasteiger partial charge in [-0.3, -0.25) is 4.79 Å². The Balaban J connectivity index is 1.44. The number of nitrogens with one attached hydrogen (secondary N) is 1. The van der Waals surface area contributed by atoms with Crippen LogP contribution in [0.3, 0.4) is 0 Å². The van der Waals surface area contributed by atoms with Crippen LogP contribution in [0.15, 0.2) is 0 Å². The molecule has 132 valence electrons. The molecule has 0 saturated carbocycles. The SMILES string of the molecule is CC1CCN(CC2OCC(NC(=O)C3CCOCC3)C2O)CC1. The Morgan fingerprint density at radius 2 is 1.91 bits per heavy atom. The van der Waals surface area contributed by atoms with Crippen LogP contribution < -0.4 is 5.32 Å². The Kier molecular flexibility index (Phi) is 5.91. The third-order valence-corrected chi connectivity index (χ3v) is 5.52. The lowest BCUT2D eigenvalue weighted by Crippen LogP contribution is -2.49. The van der Waals surface area contributed by atoms with Gasteiger partial charge in [0.25, 0.3) is 0 Å². The normalized spacial score (nSPS) is 34.6. The predicted molar refractivity (Wildman–Crippen MR) is 86.1 cm³/mol. The first kappa shape index (κ1) is 17.1. The van der Waals surface area contributed by atoms with E-state index in [9.17, 15) is 9.90 Å². The van der Waals surface area contributed by atoms with Gasteiger partial charge in [-0.15, -0.1) is 0 Å². The van der Waals surface area contributed by atoms with Crippen molar-refractivity contribution in [3.05, 3.63) is 0 Å². The summed E-state index contributed by atoms with van der Waals surface area (Å²) < 4.78 is 11.1. The van der Waals surface area contributed by atoms with Crippen molar-refractivity contribution in [3.8, 4) is 0 Å². The molecule has 0 aromatic carbocycles. The molecule has 3 heterocycles. The average molecular weight is 326 g/mol. The number of piperidine rings is 1. The molecule has 0 bridgehead atoms. The van der Waals surface area contributed by atoms with Crippen LogP contribution in [0, 0.1) is 11.8 Å². The van der Waals surface area contributed by atoms with Crippen LogP contribution in [0.1, 0.15) is 32.6 Å². The molecule has 6 heteroatoms. The van der Waals surface area contributed by atoms with Gasteiger partial charge >= 0.3 is 0 Å². The number of aliphatic hydroxyl groups is 1. The number of rotatable bonds is 4. The summed E-state index contributed by atoms with van der Waals surface area (Å²) in [4.78, 5) is 14.7. The van der Waals surface area contributed by atoms with Gasteiger partial charge in [0.2, 0.25) is 5.91 Å². The van der Waals surface area contributed by atoms with Crippen molar-refractivity contribution in [1.82, 2.24) is 10.2 Å². The molecule has 0 radical (unpaired) electrons. The van der Waals surface area contributed by atoms with Crippen molar-refractivity contribution >= 4 is 5.91 Å². The standard InChI is InChI=1S/C17H30N2O4/c1-12-2-6-19(7-3-12)10-15-16(20)14(11-23-15)18-17(21)13-4-8-22-9-5-13/h12-16,20H,2-11H2,1H3,(H,18,21). The first-order valence-corrected chi connectivity index (χ1v) is 9.03. The number of carbonyl (C=O) groups excluding carboxylic acids is 1. The molecule has 6 nitrogen and oxygen atoms in total. The molecular weight excluding hydrogens is 296 g/mol. The second-order valence-corrected chi connectivity index (χ2v) is 7.35. The van der Waals surface area contributed by atoms with Gasteiger partial charge in [0, 0.05) is 25.7 Å². The summed E-state index contributed by atoms with van der Waals surface area (Å²) in [5.74, 6) is 0.846. The predicted octanol–water partition coefficient (Wildman–Crippen LogP) is 0.389. The number of likely N-dealkylation sites (tertiary alicyclic amines) is 1. The van der Waals surface area contributed by atoms with Gasteiger partial charge in [-0.05, 0) is 44.7 Å². The van der Waals surface area contributed by atoms with E-state index in [1.807, 2.05) is 0 Å². The summed E-state index contributed by atoms with van der Waals surface area (Å²) >= 11 is 0. The van der Waals surface area contributed by atoms with Crippen molar-refractivity contribution in [3.63, 3.8) is 0 Å². The molecular formula is C17H30N2O4. The Morgan fingerprint density at radius 3 is 2.61 bits per heavy atom. The fourth-order valence-electron chi connectivity index (χ4n) is 3.73. The van der Waals surface area contributed by atoms with Crippen molar-refractivity contribution in [2.45, 2.75) is 50.9 Å². The fourth-order valence-corrected chi connectivity index (χ4v) is 3.73. The van der Waals surface area contributed by atoms with E-state index in [0.717, 1.165) is 38.4 Å². The summed E-state index contributed by atoms with van der Waals surface area (Å²) in [6, 6.07) is -0.279. The van der Waals surface area contributed by atoms with E-state index < -0.39 is 6.10 Å². The van der Waals surface area contributed by atoms with Crippen LogP contribution >= 0.6 is 0 Å². The summed E-state index contributed by atoms with van der Waals surface area (Å²) in [5.41, 5.74) is 0. The zero-order valence-electron chi connectivity index (χ0n) is 14.1. The Hall–Kier alpha value is -0.690. The van der Waals surface area contributed by atoms with Crippen molar-refractivity contribution in [2.24, 2.45) is 11.8 Å². The largest absolute Gasteiger partial charge is 0.388 e. The van der Waals surface area contributed by atoms with Crippen LogP contribution in [0.2, 0.25) is 0 Å². The van der Waals surface area contributed by atoms with Crippen LogP contribution in [-0.4, -0.2) is 73.6 Å². The highest BCUT2D eigenvalue weighted by Crippen LogP contribution is 2.21. The molecule has 3 atom stereocenters. The second kappa shape index (κ2) is 7.92. The molecule has 3 rings (SSSR count). The summed E-state index contributed by atoms with van der Waals surface area (Å²) in [6.07, 6.45) is 3.16. The number of nitrogens with zero attached hydrogens (tertiary/aromatic N) is 1. The van der Waals surface area contributed by atoms with E-state index in [0.29, 0.717) is 19.8 Å². The highest BCUT2D eigenvalue weighted by molar-refractivity contribution is 5.79. The maximum absolute atomic E-state index is 12.3. The van der Waals surface area contributed by atoms with Crippen LogP contribution in [-0.2, 0) is 14.3 Å².